The molecule has 18 heavy (non-hydrogen) atoms. The number of hydrogen-bond acceptors (Lipinski definition) is 4. The number of aromatic nitrogens is 1. The number of Topliss-reactive ketones (excluding diaryl/α,β-unsaturated/α-hetero) is 1. The number of methoxy groups -OCH3 is 1. The van der Waals surface area contributed by atoms with Crippen LogP contribution in [0.25, 0.3) is 10.9 Å². The number of fused-ring (bicyclic) bond motifs is 1. The van der Waals surface area contributed by atoms with Gasteiger partial charge in [-0.1, -0.05) is 0 Å². The van der Waals surface area contributed by atoms with Crippen molar-refractivity contribution in [3.8, 4) is 5.75 Å². The summed E-state index contributed by atoms with van der Waals surface area (Å²) in [6.45, 7) is 1.81. The fourth-order valence-electron chi connectivity index (χ4n) is 1.82. The summed E-state index contributed by atoms with van der Waals surface area (Å²) in [7, 11) is 1.45. The van der Waals surface area contributed by atoms with Gasteiger partial charge in [0, 0.05) is 17.1 Å². The Labute approximate surface area is 104 Å². The first-order chi connectivity index (χ1) is 8.69. The summed E-state index contributed by atoms with van der Waals surface area (Å²) in [5.41, 5.74) is 0.998. The Morgan fingerprint density at radius 3 is 2.72 bits per heavy atom. The average Bonchev–Trinajstić information content (AvgIpc) is 2.85. The van der Waals surface area contributed by atoms with Crippen LogP contribution in [0.5, 0.6) is 5.75 Å². The van der Waals surface area contributed by atoms with Crippen molar-refractivity contribution in [2.45, 2.75) is 6.92 Å². The number of ketones is 1. The summed E-state index contributed by atoms with van der Waals surface area (Å²) in [4.78, 5) is 26.6. The Morgan fingerprint density at radius 2 is 2.06 bits per heavy atom. The van der Waals surface area contributed by atoms with Gasteiger partial charge in [0.1, 0.15) is 5.75 Å². The SMILES string of the molecule is CCOC(=O)C(=O)c1c(OC)ccc2[nH]ccc12. The predicted octanol–water partition coefficient (Wildman–Crippen LogP) is 1.92. The molecule has 5 heteroatoms. The van der Waals surface area contributed by atoms with E-state index in [1.165, 1.54) is 7.11 Å². The highest BCUT2D eigenvalue weighted by Crippen LogP contribution is 2.28. The maximum absolute atomic E-state index is 12.1. The Kier molecular flexibility index (Phi) is 3.32. The molecule has 5 nitrogen and oxygen atoms in total. The fourth-order valence-corrected chi connectivity index (χ4v) is 1.82. The van der Waals surface area contributed by atoms with E-state index in [-0.39, 0.29) is 12.2 Å². The largest absolute Gasteiger partial charge is 0.496 e. The van der Waals surface area contributed by atoms with Crippen LogP contribution < -0.4 is 4.74 Å². The molecular formula is C13H13NO4. The Balaban J connectivity index is 2.56. The fraction of sp³-hybridized carbons (Fsp3) is 0.231. The van der Waals surface area contributed by atoms with E-state index in [0.717, 1.165) is 5.52 Å². The van der Waals surface area contributed by atoms with Gasteiger partial charge in [0.05, 0.1) is 19.3 Å². The molecule has 0 radical (unpaired) electrons. The summed E-state index contributed by atoms with van der Waals surface area (Å²) in [6.07, 6.45) is 1.70. The minimum absolute atomic E-state index is 0.163. The summed E-state index contributed by atoms with van der Waals surface area (Å²) >= 11 is 0. The number of nitrogens with one attached hydrogen (secondary N) is 1. The van der Waals surface area contributed by atoms with Crippen LogP contribution in [0.4, 0.5) is 0 Å². The van der Waals surface area contributed by atoms with Gasteiger partial charge in [0.25, 0.3) is 5.78 Å². The number of ether oxygens (including phenoxy) is 2. The minimum atomic E-state index is -0.871. The van der Waals surface area contributed by atoms with Crippen LogP contribution in [0.1, 0.15) is 17.3 Å². The van der Waals surface area contributed by atoms with Gasteiger partial charge in [0.2, 0.25) is 0 Å². The number of benzene rings is 1. The van der Waals surface area contributed by atoms with Crippen molar-refractivity contribution >= 4 is 22.7 Å². The monoisotopic (exact) mass is 247 g/mol. The molecule has 0 atom stereocenters. The zero-order chi connectivity index (χ0) is 13.1. The van der Waals surface area contributed by atoms with Crippen LogP contribution in [-0.4, -0.2) is 30.5 Å². The smallest absolute Gasteiger partial charge is 0.379 e. The second kappa shape index (κ2) is 4.91. The normalized spacial score (nSPS) is 10.3. The first-order valence-electron chi connectivity index (χ1n) is 5.54. The van der Waals surface area contributed by atoms with Gasteiger partial charge >= 0.3 is 5.97 Å². The molecular weight excluding hydrogens is 234 g/mol. The highest BCUT2D eigenvalue weighted by molar-refractivity contribution is 6.43. The lowest BCUT2D eigenvalue weighted by molar-refractivity contribution is -0.137. The second-order valence-electron chi connectivity index (χ2n) is 3.63. The highest BCUT2D eigenvalue weighted by Gasteiger charge is 2.24. The molecule has 0 saturated carbocycles. The van der Waals surface area contributed by atoms with Crippen molar-refractivity contribution in [2.75, 3.05) is 13.7 Å². The zero-order valence-corrected chi connectivity index (χ0v) is 10.1. The van der Waals surface area contributed by atoms with E-state index in [0.29, 0.717) is 11.1 Å². The van der Waals surface area contributed by atoms with Crippen molar-refractivity contribution in [2.24, 2.45) is 0 Å². The first kappa shape index (κ1) is 12.2. The third kappa shape index (κ3) is 1.95. The van der Waals surface area contributed by atoms with Crippen LogP contribution in [-0.2, 0) is 9.53 Å². The molecule has 0 aliphatic rings. The summed E-state index contributed by atoms with van der Waals surface area (Å²) in [6, 6.07) is 5.16. The number of carbonyl (C=O) groups excluding carboxylic acids is 2. The van der Waals surface area contributed by atoms with E-state index in [9.17, 15) is 9.59 Å². The molecule has 94 valence electrons. The third-order valence-electron chi connectivity index (χ3n) is 2.60. The van der Waals surface area contributed by atoms with Crippen molar-refractivity contribution in [3.63, 3.8) is 0 Å². The van der Waals surface area contributed by atoms with E-state index in [2.05, 4.69) is 4.98 Å². The van der Waals surface area contributed by atoms with E-state index in [1.807, 2.05) is 0 Å². The predicted molar refractivity (Wildman–Crippen MR) is 65.8 cm³/mol. The Hall–Kier alpha value is -2.30. The molecule has 0 saturated heterocycles. The molecule has 2 aromatic rings. The lowest BCUT2D eigenvalue weighted by Crippen LogP contribution is -2.18. The molecule has 1 aromatic carbocycles. The molecule has 0 aliphatic heterocycles. The maximum atomic E-state index is 12.1. The zero-order valence-electron chi connectivity index (χ0n) is 10.1. The molecule has 0 amide bonds. The van der Waals surface area contributed by atoms with Gasteiger partial charge in [-0.3, -0.25) is 4.79 Å². The molecule has 2 rings (SSSR count). The molecule has 0 fully saturated rings. The Morgan fingerprint density at radius 1 is 1.28 bits per heavy atom. The first-order valence-corrected chi connectivity index (χ1v) is 5.54. The number of carbonyl (C=O) groups is 2. The van der Waals surface area contributed by atoms with Gasteiger partial charge < -0.3 is 14.5 Å². The van der Waals surface area contributed by atoms with Crippen molar-refractivity contribution in [1.29, 1.82) is 0 Å². The summed E-state index contributed by atoms with van der Waals surface area (Å²) in [5, 5.41) is 0.646. The van der Waals surface area contributed by atoms with Crippen LogP contribution >= 0.6 is 0 Å². The maximum Gasteiger partial charge on any atom is 0.379 e. The van der Waals surface area contributed by atoms with E-state index in [4.69, 9.17) is 9.47 Å². The standard InChI is InChI=1S/C13H13NO4/c1-3-18-13(16)12(15)11-8-6-7-14-9(8)4-5-10(11)17-2/h4-7,14H,3H2,1-2H3. The van der Waals surface area contributed by atoms with Gasteiger partial charge in [-0.25, -0.2) is 4.79 Å². The number of hydrogen-bond donors (Lipinski definition) is 1. The Bertz CT molecular complexity index is 600. The summed E-state index contributed by atoms with van der Waals surface area (Å²) in [5.74, 6) is -1.21. The molecule has 0 unspecified atom stereocenters. The quantitative estimate of drug-likeness (QED) is 0.509. The van der Waals surface area contributed by atoms with Crippen LogP contribution in [0.2, 0.25) is 0 Å². The molecule has 1 heterocycles. The number of esters is 1. The molecule has 0 spiro atoms. The molecule has 1 aromatic heterocycles. The van der Waals surface area contributed by atoms with Crippen molar-refractivity contribution < 1.29 is 19.1 Å². The lowest BCUT2D eigenvalue weighted by atomic mass is 10.0. The average molecular weight is 247 g/mol. The lowest BCUT2D eigenvalue weighted by Gasteiger charge is -2.08. The molecule has 0 aliphatic carbocycles. The number of H-pyrrole nitrogens is 1. The van der Waals surface area contributed by atoms with E-state index >= 15 is 0 Å². The van der Waals surface area contributed by atoms with Gasteiger partial charge in [0.15, 0.2) is 0 Å². The summed E-state index contributed by atoms with van der Waals surface area (Å²) < 4.78 is 9.86. The molecule has 0 bridgehead atoms. The topological polar surface area (TPSA) is 68.4 Å². The van der Waals surface area contributed by atoms with Crippen molar-refractivity contribution in [3.05, 3.63) is 30.0 Å². The number of rotatable bonds is 4. The van der Waals surface area contributed by atoms with Crippen LogP contribution in [0.3, 0.4) is 0 Å². The third-order valence-corrected chi connectivity index (χ3v) is 2.60. The van der Waals surface area contributed by atoms with Crippen LogP contribution in [0.15, 0.2) is 24.4 Å². The second-order valence-corrected chi connectivity index (χ2v) is 3.63. The van der Waals surface area contributed by atoms with Crippen LogP contribution in [0, 0.1) is 0 Å². The molecule has 1 N–H and O–H groups in total. The van der Waals surface area contributed by atoms with Gasteiger partial charge in [-0.15, -0.1) is 0 Å². The number of aromatic amines is 1. The highest BCUT2D eigenvalue weighted by atomic mass is 16.5. The van der Waals surface area contributed by atoms with Gasteiger partial charge in [-0.05, 0) is 25.1 Å². The minimum Gasteiger partial charge on any atom is -0.496 e. The van der Waals surface area contributed by atoms with E-state index in [1.54, 1.807) is 31.3 Å². The van der Waals surface area contributed by atoms with Gasteiger partial charge in [-0.2, -0.15) is 0 Å². The van der Waals surface area contributed by atoms with Crippen molar-refractivity contribution in [1.82, 2.24) is 4.98 Å². The van der Waals surface area contributed by atoms with E-state index < -0.39 is 11.8 Å².